The van der Waals surface area contributed by atoms with E-state index in [1.165, 1.54) is 0 Å². The third-order valence-corrected chi connectivity index (χ3v) is 4.10. The number of benzene rings is 1. The van der Waals surface area contributed by atoms with E-state index in [2.05, 4.69) is 22.1 Å². The van der Waals surface area contributed by atoms with Crippen LogP contribution in [0.5, 0.6) is 5.75 Å². The predicted octanol–water partition coefficient (Wildman–Crippen LogP) is 3.30. The van der Waals surface area contributed by atoms with E-state index in [9.17, 15) is 4.79 Å². The van der Waals surface area contributed by atoms with Crippen molar-refractivity contribution in [1.82, 2.24) is 10.3 Å². The highest BCUT2D eigenvalue weighted by molar-refractivity contribution is 5.92. The van der Waals surface area contributed by atoms with Crippen LogP contribution in [0.4, 0.5) is 5.69 Å². The van der Waals surface area contributed by atoms with Gasteiger partial charge in [-0.05, 0) is 42.7 Å². The lowest BCUT2D eigenvalue weighted by Gasteiger charge is -2.18. The third-order valence-electron chi connectivity index (χ3n) is 4.10. The molecule has 1 amide bonds. The van der Waals surface area contributed by atoms with Crippen LogP contribution in [-0.2, 0) is 6.42 Å². The molecule has 0 atom stereocenters. The van der Waals surface area contributed by atoms with Gasteiger partial charge in [0, 0.05) is 20.1 Å². The Kier molecular flexibility index (Phi) is 7.26. The summed E-state index contributed by atoms with van der Waals surface area (Å²) < 4.78 is 5.21. The number of anilines is 1. The van der Waals surface area contributed by atoms with Crippen LogP contribution in [0.2, 0.25) is 0 Å². The van der Waals surface area contributed by atoms with Crippen molar-refractivity contribution in [1.29, 1.82) is 0 Å². The average molecular weight is 341 g/mol. The Balaban J connectivity index is 1.84. The summed E-state index contributed by atoms with van der Waals surface area (Å²) in [5.74, 6) is 0.680. The highest BCUT2D eigenvalue weighted by Gasteiger charge is 2.08. The first-order valence-corrected chi connectivity index (χ1v) is 8.72. The van der Waals surface area contributed by atoms with Gasteiger partial charge in [-0.2, -0.15) is 0 Å². The standard InChI is InChI=1S/C20H27N3O2/c1-4-5-13-23(2)17-9-10-19(22-15-17)20(24)21-12-11-16-7-6-8-18(14-16)25-3/h6-10,14-15H,4-5,11-13H2,1-3H3,(H,21,24). The minimum Gasteiger partial charge on any atom is -0.497 e. The first-order valence-electron chi connectivity index (χ1n) is 8.72. The topological polar surface area (TPSA) is 54.5 Å². The molecule has 1 aromatic heterocycles. The molecule has 2 rings (SSSR count). The number of hydrogen-bond acceptors (Lipinski definition) is 4. The smallest absolute Gasteiger partial charge is 0.269 e. The molecule has 0 aliphatic rings. The Morgan fingerprint density at radius 1 is 1.28 bits per heavy atom. The quantitative estimate of drug-likeness (QED) is 0.760. The summed E-state index contributed by atoms with van der Waals surface area (Å²) in [5, 5.41) is 2.91. The van der Waals surface area contributed by atoms with Gasteiger partial charge in [-0.15, -0.1) is 0 Å². The van der Waals surface area contributed by atoms with Crippen molar-refractivity contribution >= 4 is 11.6 Å². The van der Waals surface area contributed by atoms with Gasteiger partial charge >= 0.3 is 0 Å². The molecule has 5 nitrogen and oxygen atoms in total. The number of carbonyl (C=O) groups excluding carboxylic acids is 1. The molecular formula is C20H27N3O2. The number of rotatable bonds is 9. The zero-order valence-electron chi connectivity index (χ0n) is 15.3. The van der Waals surface area contributed by atoms with E-state index in [0.717, 1.165) is 42.8 Å². The molecule has 0 saturated carbocycles. The first-order chi connectivity index (χ1) is 12.1. The minimum absolute atomic E-state index is 0.148. The van der Waals surface area contributed by atoms with Crippen LogP contribution in [0.25, 0.3) is 0 Å². The van der Waals surface area contributed by atoms with Crippen LogP contribution < -0.4 is 15.0 Å². The van der Waals surface area contributed by atoms with Gasteiger partial charge < -0.3 is 15.0 Å². The number of methoxy groups -OCH3 is 1. The number of pyridine rings is 1. The van der Waals surface area contributed by atoms with Gasteiger partial charge in [0.25, 0.3) is 5.91 Å². The molecule has 134 valence electrons. The van der Waals surface area contributed by atoms with Crippen LogP contribution in [0, 0.1) is 0 Å². The van der Waals surface area contributed by atoms with E-state index in [4.69, 9.17) is 4.74 Å². The van der Waals surface area contributed by atoms with Gasteiger partial charge in [-0.25, -0.2) is 4.98 Å². The number of ether oxygens (including phenoxy) is 1. The molecular weight excluding hydrogens is 314 g/mol. The maximum absolute atomic E-state index is 12.2. The van der Waals surface area contributed by atoms with Crippen molar-refractivity contribution in [2.24, 2.45) is 0 Å². The summed E-state index contributed by atoms with van der Waals surface area (Å²) in [6, 6.07) is 11.6. The molecule has 0 spiro atoms. The van der Waals surface area contributed by atoms with E-state index in [1.807, 2.05) is 37.4 Å². The van der Waals surface area contributed by atoms with E-state index in [1.54, 1.807) is 19.4 Å². The van der Waals surface area contributed by atoms with Crippen molar-refractivity contribution in [2.75, 3.05) is 32.1 Å². The molecule has 0 fully saturated rings. The molecule has 0 unspecified atom stereocenters. The molecule has 1 aromatic carbocycles. The molecule has 5 heteroatoms. The largest absolute Gasteiger partial charge is 0.497 e. The zero-order valence-corrected chi connectivity index (χ0v) is 15.3. The number of hydrogen-bond donors (Lipinski definition) is 1. The first kappa shape index (κ1) is 18.8. The van der Waals surface area contributed by atoms with Gasteiger partial charge in [-0.3, -0.25) is 4.79 Å². The number of carbonyl (C=O) groups is 1. The summed E-state index contributed by atoms with van der Waals surface area (Å²) in [5.41, 5.74) is 2.60. The number of amides is 1. The van der Waals surface area contributed by atoms with Crippen LogP contribution >= 0.6 is 0 Å². The second kappa shape index (κ2) is 9.67. The summed E-state index contributed by atoms with van der Waals surface area (Å²) in [6.45, 7) is 3.72. The van der Waals surface area contributed by atoms with Crippen LogP contribution in [0.15, 0.2) is 42.6 Å². The maximum atomic E-state index is 12.2. The van der Waals surface area contributed by atoms with E-state index < -0.39 is 0 Å². The molecule has 0 aliphatic heterocycles. The van der Waals surface area contributed by atoms with E-state index in [0.29, 0.717) is 12.2 Å². The van der Waals surface area contributed by atoms with E-state index in [-0.39, 0.29) is 5.91 Å². The van der Waals surface area contributed by atoms with Gasteiger partial charge in [0.2, 0.25) is 0 Å². The zero-order chi connectivity index (χ0) is 18.1. The molecule has 25 heavy (non-hydrogen) atoms. The van der Waals surface area contributed by atoms with Gasteiger partial charge in [0.05, 0.1) is 19.0 Å². The average Bonchev–Trinajstić information content (AvgIpc) is 2.66. The monoisotopic (exact) mass is 341 g/mol. The van der Waals surface area contributed by atoms with Crippen molar-refractivity contribution < 1.29 is 9.53 Å². The summed E-state index contributed by atoms with van der Waals surface area (Å²) in [7, 11) is 3.69. The normalized spacial score (nSPS) is 10.4. The molecule has 0 bridgehead atoms. The minimum atomic E-state index is -0.148. The second-order valence-electron chi connectivity index (χ2n) is 6.03. The second-order valence-corrected chi connectivity index (χ2v) is 6.03. The lowest BCUT2D eigenvalue weighted by molar-refractivity contribution is 0.0949. The highest BCUT2D eigenvalue weighted by Crippen LogP contribution is 2.13. The van der Waals surface area contributed by atoms with Crippen LogP contribution in [0.3, 0.4) is 0 Å². The van der Waals surface area contributed by atoms with Crippen molar-refractivity contribution in [3.8, 4) is 5.75 Å². The Morgan fingerprint density at radius 3 is 2.80 bits per heavy atom. The fourth-order valence-electron chi connectivity index (χ4n) is 2.51. The maximum Gasteiger partial charge on any atom is 0.269 e. The summed E-state index contributed by atoms with van der Waals surface area (Å²) in [4.78, 5) is 18.6. The van der Waals surface area contributed by atoms with Gasteiger partial charge in [0.15, 0.2) is 0 Å². The number of aromatic nitrogens is 1. The van der Waals surface area contributed by atoms with Crippen molar-refractivity contribution in [2.45, 2.75) is 26.2 Å². The Bertz CT molecular complexity index is 671. The molecule has 2 aromatic rings. The molecule has 0 saturated heterocycles. The fraction of sp³-hybridized carbons (Fsp3) is 0.400. The lowest BCUT2D eigenvalue weighted by atomic mass is 10.1. The van der Waals surface area contributed by atoms with Gasteiger partial charge in [0.1, 0.15) is 11.4 Å². The fourth-order valence-corrected chi connectivity index (χ4v) is 2.51. The number of nitrogens with one attached hydrogen (secondary N) is 1. The molecule has 1 N–H and O–H groups in total. The SMILES string of the molecule is CCCCN(C)c1ccc(C(=O)NCCc2cccc(OC)c2)nc1. The van der Waals surface area contributed by atoms with Crippen LogP contribution in [-0.4, -0.2) is 38.1 Å². The molecule has 0 aliphatic carbocycles. The molecule has 0 radical (unpaired) electrons. The van der Waals surface area contributed by atoms with Gasteiger partial charge in [-0.1, -0.05) is 25.5 Å². The Hall–Kier alpha value is -2.56. The summed E-state index contributed by atoms with van der Waals surface area (Å²) in [6.07, 6.45) is 4.81. The predicted molar refractivity (Wildman–Crippen MR) is 101 cm³/mol. The van der Waals surface area contributed by atoms with Crippen molar-refractivity contribution in [3.05, 3.63) is 53.9 Å². The van der Waals surface area contributed by atoms with E-state index >= 15 is 0 Å². The Labute approximate surface area is 150 Å². The lowest BCUT2D eigenvalue weighted by Crippen LogP contribution is -2.26. The van der Waals surface area contributed by atoms with Crippen LogP contribution in [0.1, 0.15) is 35.8 Å². The Morgan fingerprint density at radius 2 is 2.12 bits per heavy atom. The number of nitrogens with zero attached hydrogens (tertiary/aromatic N) is 2. The molecule has 1 heterocycles. The summed E-state index contributed by atoms with van der Waals surface area (Å²) >= 11 is 0. The number of unbranched alkanes of at least 4 members (excludes halogenated alkanes) is 1. The third kappa shape index (κ3) is 5.78. The highest BCUT2D eigenvalue weighted by atomic mass is 16.5. The van der Waals surface area contributed by atoms with Crippen molar-refractivity contribution in [3.63, 3.8) is 0 Å².